The van der Waals surface area contributed by atoms with Gasteiger partial charge >= 0.3 is 6.09 Å². The van der Waals surface area contributed by atoms with Crippen molar-refractivity contribution in [1.29, 1.82) is 0 Å². The van der Waals surface area contributed by atoms with Crippen LogP contribution in [0.3, 0.4) is 0 Å². The van der Waals surface area contributed by atoms with Crippen LogP contribution < -0.4 is 10.4 Å². The Balaban J connectivity index is 2.90. The molecule has 0 saturated heterocycles. The number of carbonyl (C=O) groups is 2. The van der Waals surface area contributed by atoms with Gasteiger partial charge < -0.3 is 25.1 Å². The second-order valence-corrected chi connectivity index (χ2v) is 5.74. The van der Waals surface area contributed by atoms with Crippen LogP contribution >= 0.6 is 0 Å². The third-order valence-corrected chi connectivity index (χ3v) is 2.75. The van der Waals surface area contributed by atoms with Crippen molar-refractivity contribution in [3.63, 3.8) is 0 Å². The van der Waals surface area contributed by atoms with Gasteiger partial charge in [-0.15, -0.1) is 0 Å². The molecule has 0 radical (unpaired) electrons. The molecule has 21 heavy (non-hydrogen) atoms. The highest BCUT2D eigenvalue weighted by molar-refractivity contribution is 5.79. The Kier molecular flexibility index (Phi) is 5.32. The van der Waals surface area contributed by atoms with Crippen LogP contribution in [0, 0.1) is 6.92 Å². The molecule has 0 aliphatic carbocycles. The first-order chi connectivity index (χ1) is 9.61. The standard InChI is InChI=1S/C15H21NO5/c1-9-7-5-6-8-10(9)12(17)11(13(18)19)16-14(20)21-15(2,3)4/h5-8,11-12,17H,1-4H3,(H,16,20)(H,18,19)/p-1/t11-,12+/m0/s1. The molecule has 1 amide bonds. The van der Waals surface area contributed by atoms with E-state index in [1.807, 2.05) is 0 Å². The molecule has 0 spiro atoms. The van der Waals surface area contributed by atoms with E-state index in [9.17, 15) is 19.8 Å². The predicted molar refractivity (Wildman–Crippen MR) is 74.3 cm³/mol. The number of ether oxygens (including phenoxy) is 1. The van der Waals surface area contributed by atoms with Crippen molar-refractivity contribution < 1.29 is 24.5 Å². The Labute approximate surface area is 123 Å². The van der Waals surface area contributed by atoms with Gasteiger partial charge in [0.25, 0.3) is 0 Å². The number of aliphatic carboxylic acids is 1. The van der Waals surface area contributed by atoms with Gasteiger partial charge in [0, 0.05) is 0 Å². The molecule has 116 valence electrons. The second-order valence-electron chi connectivity index (χ2n) is 5.74. The average Bonchev–Trinajstić information content (AvgIpc) is 2.33. The van der Waals surface area contributed by atoms with E-state index in [0.717, 1.165) is 0 Å². The molecule has 1 aromatic rings. The molecule has 0 unspecified atom stereocenters. The van der Waals surface area contributed by atoms with E-state index >= 15 is 0 Å². The molecule has 0 saturated carbocycles. The molecule has 0 fully saturated rings. The van der Waals surface area contributed by atoms with Gasteiger partial charge in [-0.25, -0.2) is 4.79 Å². The normalized spacial score (nSPS) is 14.1. The third kappa shape index (κ3) is 5.07. The lowest BCUT2D eigenvalue weighted by Gasteiger charge is -2.28. The molecular formula is C15H20NO5-. The molecule has 0 bridgehead atoms. The van der Waals surface area contributed by atoms with Crippen molar-refractivity contribution in [3.8, 4) is 0 Å². The molecule has 6 nitrogen and oxygen atoms in total. The van der Waals surface area contributed by atoms with Crippen LogP contribution in [0.5, 0.6) is 0 Å². The molecule has 2 atom stereocenters. The topological polar surface area (TPSA) is 98.7 Å². The summed E-state index contributed by atoms with van der Waals surface area (Å²) >= 11 is 0. The minimum atomic E-state index is -1.60. The third-order valence-electron chi connectivity index (χ3n) is 2.75. The largest absolute Gasteiger partial charge is 0.548 e. The van der Waals surface area contributed by atoms with E-state index < -0.39 is 29.8 Å². The van der Waals surface area contributed by atoms with Crippen LogP contribution in [0.1, 0.15) is 38.0 Å². The number of amides is 1. The Morgan fingerprint density at radius 2 is 1.86 bits per heavy atom. The summed E-state index contributed by atoms with van der Waals surface area (Å²) in [6, 6.07) is 5.16. The highest BCUT2D eigenvalue weighted by Crippen LogP contribution is 2.20. The maximum Gasteiger partial charge on any atom is 0.408 e. The smallest absolute Gasteiger partial charge is 0.408 e. The minimum Gasteiger partial charge on any atom is -0.548 e. The fourth-order valence-corrected chi connectivity index (χ4v) is 1.80. The lowest BCUT2D eigenvalue weighted by molar-refractivity contribution is -0.310. The van der Waals surface area contributed by atoms with Crippen molar-refractivity contribution in [2.45, 2.75) is 45.4 Å². The number of nitrogens with one attached hydrogen (secondary N) is 1. The summed E-state index contributed by atoms with van der Waals surface area (Å²) in [4.78, 5) is 22.8. The van der Waals surface area contributed by atoms with Gasteiger partial charge in [-0.3, -0.25) is 0 Å². The van der Waals surface area contributed by atoms with Gasteiger partial charge in [0.2, 0.25) is 0 Å². The van der Waals surface area contributed by atoms with Gasteiger partial charge in [0.15, 0.2) is 0 Å². The molecule has 2 N–H and O–H groups in total. The van der Waals surface area contributed by atoms with E-state index in [2.05, 4.69) is 5.32 Å². The van der Waals surface area contributed by atoms with Crippen molar-refractivity contribution in [2.75, 3.05) is 0 Å². The highest BCUT2D eigenvalue weighted by Gasteiger charge is 2.27. The van der Waals surface area contributed by atoms with E-state index in [1.165, 1.54) is 0 Å². The van der Waals surface area contributed by atoms with Gasteiger partial charge in [0.1, 0.15) is 17.7 Å². The first kappa shape index (κ1) is 17.0. The summed E-state index contributed by atoms with van der Waals surface area (Å²) in [6.07, 6.45) is -2.35. The van der Waals surface area contributed by atoms with Crippen LogP contribution in [0.2, 0.25) is 0 Å². The summed E-state index contributed by atoms with van der Waals surface area (Å²) in [7, 11) is 0. The zero-order valence-electron chi connectivity index (χ0n) is 12.5. The average molecular weight is 294 g/mol. The maximum absolute atomic E-state index is 11.7. The number of carboxylic acids is 1. The van der Waals surface area contributed by atoms with Crippen LogP contribution in [-0.4, -0.2) is 28.8 Å². The van der Waals surface area contributed by atoms with Crippen molar-refractivity contribution in [3.05, 3.63) is 35.4 Å². The van der Waals surface area contributed by atoms with Gasteiger partial charge in [-0.1, -0.05) is 24.3 Å². The number of rotatable bonds is 4. The Hall–Kier alpha value is -2.08. The van der Waals surface area contributed by atoms with Gasteiger partial charge in [-0.2, -0.15) is 0 Å². The molecule has 0 aromatic heterocycles. The van der Waals surface area contributed by atoms with Gasteiger partial charge in [-0.05, 0) is 38.8 Å². The minimum absolute atomic E-state index is 0.405. The first-order valence-electron chi connectivity index (χ1n) is 6.56. The summed E-state index contributed by atoms with van der Waals surface area (Å²) < 4.78 is 4.98. The van der Waals surface area contributed by atoms with Crippen molar-refractivity contribution >= 4 is 12.1 Å². The summed E-state index contributed by atoms with van der Waals surface area (Å²) in [5.74, 6) is -1.59. The fourth-order valence-electron chi connectivity index (χ4n) is 1.80. The molecule has 0 heterocycles. The molecular weight excluding hydrogens is 274 g/mol. The molecule has 0 aliphatic rings. The quantitative estimate of drug-likeness (QED) is 0.850. The molecule has 1 aromatic carbocycles. The Morgan fingerprint density at radius 3 is 2.33 bits per heavy atom. The first-order valence-corrected chi connectivity index (χ1v) is 6.56. The number of carboxylic acid groups (broad SMARTS) is 1. The molecule has 0 aliphatic heterocycles. The predicted octanol–water partition coefficient (Wildman–Crippen LogP) is 0.672. The van der Waals surface area contributed by atoms with Crippen molar-refractivity contribution in [1.82, 2.24) is 5.32 Å². The zero-order chi connectivity index (χ0) is 16.2. The SMILES string of the molecule is Cc1ccccc1[C@@H](O)[C@H](NC(=O)OC(C)(C)C)C(=O)[O-]. The lowest BCUT2D eigenvalue weighted by Crippen LogP contribution is -2.52. The Morgan fingerprint density at radius 1 is 1.29 bits per heavy atom. The lowest BCUT2D eigenvalue weighted by atomic mass is 9.98. The monoisotopic (exact) mass is 294 g/mol. The number of benzene rings is 1. The van der Waals surface area contributed by atoms with Gasteiger partial charge in [0.05, 0.1) is 5.97 Å². The molecule has 6 heteroatoms. The van der Waals surface area contributed by atoms with E-state index in [4.69, 9.17) is 4.74 Å². The highest BCUT2D eigenvalue weighted by atomic mass is 16.6. The summed E-state index contributed by atoms with van der Waals surface area (Å²) in [6.45, 7) is 6.69. The number of aliphatic hydroxyl groups excluding tert-OH is 1. The number of aryl methyl sites for hydroxylation is 1. The number of carbonyl (C=O) groups excluding carboxylic acids is 2. The summed E-state index contributed by atoms with van der Waals surface area (Å²) in [5, 5.41) is 23.5. The van der Waals surface area contributed by atoms with Crippen LogP contribution in [0.4, 0.5) is 4.79 Å². The van der Waals surface area contributed by atoms with E-state index in [0.29, 0.717) is 11.1 Å². The number of hydrogen-bond donors (Lipinski definition) is 2. The number of alkyl carbamates (subject to hydrolysis) is 1. The zero-order valence-corrected chi connectivity index (χ0v) is 12.5. The fraction of sp³-hybridized carbons (Fsp3) is 0.467. The summed E-state index contributed by atoms with van der Waals surface area (Å²) in [5.41, 5.74) is 0.346. The van der Waals surface area contributed by atoms with Crippen LogP contribution in [0.25, 0.3) is 0 Å². The van der Waals surface area contributed by atoms with Crippen LogP contribution in [-0.2, 0) is 9.53 Å². The maximum atomic E-state index is 11.7. The molecule has 1 rings (SSSR count). The van der Waals surface area contributed by atoms with E-state index in [-0.39, 0.29) is 0 Å². The number of aliphatic hydroxyl groups is 1. The Bertz CT molecular complexity index is 521. The number of hydrogen-bond acceptors (Lipinski definition) is 5. The van der Waals surface area contributed by atoms with Crippen LogP contribution in [0.15, 0.2) is 24.3 Å². The van der Waals surface area contributed by atoms with E-state index in [1.54, 1.807) is 52.0 Å². The van der Waals surface area contributed by atoms with Crippen molar-refractivity contribution in [2.24, 2.45) is 0 Å². The second kappa shape index (κ2) is 6.58.